The van der Waals surface area contributed by atoms with Crippen molar-refractivity contribution in [2.24, 2.45) is 0 Å². The third kappa shape index (κ3) is 1.96. The predicted molar refractivity (Wildman–Crippen MR) is 70.5 cm³/mol. The van der Waals surface area contributed by atoms with E-state index in [1.807, 2.05) is 0 Å². The van der Waals surface area contributed by atoms with Gasteiger partial charge >= 0.3 is 0 Å². The summed E-state index contributed by atoms with van der Waals surface area (Å²) in [5.74, 6) is -0.283. The summed E-state index contributed by atoms with van der Waals surface area (Å²) < 4.78 is 0. The lowest BCUT2D eigenvalue weighted by Gasteiger charge is -2.08. The molecule has 0 aliphatic carbocycles. The first-order valence-electron chi connectivity index (χ1n) is 5.38. The summed E-state index contributed by atoms with van der Waals surface area (Å²) in [6.45, 7) is 0. The Kier molecular flexibility index (Phi) is 3.10. The number of nitrogens with two attached hydrogens (primary N) is 2. The molecule has 0 fully saturated rings. The van der Waals surface area contributed by atoms with E-state index >= 15 is 0 Å². The Labute approximate surface area is 104 Å². The molecule has 2 aromatic carbocycles. The standard InChI is InChI=1S/C14H12N2O2/c15-12-7-2-1-5-10(12)14(18)11-6-3-4-9(8-17)13(11)16/h1-8H,15-16H2. The van der Waals surface area contributed by atoms with Crippen molar-refractivity contribution >= 4 is 23.4 Å². The van der Waals surface area contributed by atoms with E-state index in [1.165, 1.54) is 0 Å². The van der Waals surface area contributed by atoms with Crippen LogP contribution in [-0.2, 0) is 0 Å². The summed E-state index contributed by atoms with van der Waals surface area (Å²) in [6.07, 6.45) is 0.625. The van der Waals surface area contributed by atoms with Crippen LogP contribution in [0.4, 0.5) is 11.4 Å². The second kappa shape index (κ2) is 4.71. The number of hydrogen-bond donors (Lipinski definition) is 2. The number of ketones is 1. The zero-order chi connectivity index (χ0) is 13.1. The topological polar surface area (TPSA) is 86.2 Å². The number of anilines is 2. The number of carbonyl (C=O) groups excluding carboxylic acids is 2. The highest BCUT2D eigenvalue weighted by Crippen LogP contribution is 2.22. The molecule has 0 aromatic heterocycles. The second-order valence-corrected chi connectivity index (χ2v) is 3.84. The molecule has 0 spiro atoms. The first-order chi connectivity index (χ1) is 8.65. The van der Waals surface area contributed by atoms with Crippen molar-refractivity contribution in [1.29, 1.82) is 0 Å². The Morgan fingerprint density at radius 1 is 0.944 bits per heavy atom. The number of carbonyl (C=O) groups is 2. The van der Waals surface area contributed by atoms with Crippen molar-refractivity contribution in [3.05, 3.63) is 59.2 Å². The highest BCUT2D eigenvalue weighted by atomic mass is 16.1. The van der Waals surface area contributed by atoms with Crippen LogP contribution in [0.3, 0.4) is 0 Å². The molecule has 0 saturated carbocycles. The van der Waals surface area contributed by atoms with Gasteiger partial charge in [0.1, 0.15) is 0 Å². The van der Waals surface area contributed by atoms with Gasteiger partial charge in [-0.15, -0.1) is 0 Å². The van der Waals surface area contributed by atoms with Crippen molar-refractivity contribution < 1.29 is 9.59 Å². The van der Waals surface area contributed by atoms with Crippen LogP contribution in [0.5, 0.6) is 0 Å². The molecule has 0 heterocycles. The van der Waals surface area contributed by atoms with E-state index in [0.29, 0.717) is 23.1 Å². The highest BCUT2D eigenvalue weighted by molar-refractivity contribution is 6.15. The van der Waals surface area contributed by atoms with Crippen molar-refractivity contribution in [1.82, 2.24) is 0 Å². The van der Waals surface area contributed by atoms with Gasteiger partial charge in [0.25, 0.3) is 0 Å². The summed E-state index contributed by atoms with van der Waals surface area (Å²) >= 11 is 0. The molecule has 4 N–H and O–H groups in total. The van der Waals surface area contributed by atoms with Crippen LogP contribution in [0, 0.1) is 0 Å². The van der Waals surface area contributed by atoms with Gasteiger partial charge in [0.05, 0.1) is 5.69 Å². The average molecular weight is 240 g/mol. The fourth-order valence-electron chi connectivity index (χ4n) is 1.73. The van der Waals surface area contributed by atoms with E-state index in [2.05, 4.69) is 0 Å². The molecule has 0 aliphatic rings. The lowest BCUT2D eigenvalue weighted by molar-refractivity contribution is 0.104. The van der Waals surface area contributed by atoms with Crippen LogP contribution in [0.25, 0.3) is 0 Å². The van der Waals surface area contributed by atoms with Gasteiger partial charge in [0.2, 0.25) is 0 Å². The molecule has 4 nitrogen and oxygen atoms in total. The van der Waals surface area contributed by atoms with Gasteiger partial charge in [-0.2, -0.15) is 0 Å². The van der Waals surface area contributed by atoms with Gasteiger partial charge in [-0.1, -0.05) is 18.2 Å². The van der Waals surface area contributed by atoms with Crippen molar-refractivity contribution in [3.8, 4) is 0 Å². The van der Waals surface area contributed by atoms with Crippen LogP contribution in [0.2, 0.25) is 0 Å². The Bertz CT molecular complexity index is 621. The minimum Gasteiger partial charge on any atom is -0.398 e. The summed E-state index contributed by atoms with van der Waals surface area (Å²) in [6, 6.07) is 11.5. The summed E-state index contributed by atoms with van der Waals surface area (Å²) in [5, 5.41) is 0. The van der Waals surface area contributed by atoms with E-state index in [4.69, 9.17) is 11.5 Å². The van der Waals surface area contributed by atoms with Crippen LogP contribution in [0.15, 0.2) is 42.5 Å². The molecule has 4 heteroatoms. The molecule has 0 bridgehead atoms. The van der Waals surface area contributed by atoms with Crippen LogP contribution < -0.4 is 11.5 Å². The maximum atomic E-state index is 12.3. The van der Waals surface area contributed by atoms with Crippen LogP contribution >= 0.6 is 0 Å². The normalized spacial score (nSPS) is 10.0. The Morgan fingerprint density at radius 2 is 1.61 bits per heavy atom. The molecule has 0 radical (unpaired) electrons. The first-order valence-corrected chi connectivity index (χ1v) is 5.38. The minimum absolute atomic E-state index is 0.181. The molecule has 2 aromatic rings. The SMILES string of the molecule is Nc1ccccc1C(=O)c1cccc(C=O)c1N. The molecule has 18 heavy (non-hydrogen) atoms. The Hall–Kier alpha value is -2.62. The fourth-order valence-corrected chi connectivity index (χ4v) is 1.73. The largest absolute Gasteiger partial charge is 0.398 e. The summed E-state index contributed by atoms with van der Waals surface area (Å²) in [4.78, 5) is 23.1. The van der Waals surface area contributed by atoms with Crippen LogP contribution in [-0.4, -0.2) is 12.1 Å². The zero-order valence-corrected chi connectivity index (χ0v) is 9.59. The smallest absolute Gasteiger partial charge is 0.197 e. The van der Waals surface area contributed by atoms with Crippen LogP contribution in [0.1, 0.15) is 26.3 Å². The Morgan fingerprint density at radius 3 is 2.28 bits per heavy atom. The van der Waals surface area contributed by atoms with E-state index < -0.39 is 0 Å². The third-order valence-corrected chi connectivity index (χ3v) is 2.72. The van der Waals surface area contributed by atoms with Gasteiger partial charge in [0.15, 0.2) is 12.1 Å². The fraction of sp³-hybridized carbons (Fsp3) is 0. The maximum Gasteiger partial charge on any atom is 0.197 e. The number of aldehydes is 1. The van der Waals surface area contributed by atoms with Gasteiger partial charge < -0.3 is 11.5 Å². The monoisotopic (exact) mass is 240 g/mol. The predicted octanol–water partition coefficient (Wildman–Crippen LogP) is 1.89. The Balaban J connectivity index is 2.54. The van der Waals surface area contributed by atoms with Crippen molar-refractivity contribution in [3.63, 3.8) is 0 Å². The highest BCUT2D eigenvalue weighted by Gasteiger charge is 2.16. The van der Waals surface area contributed by atoms with E-state index in [9.17, 15) is 9.59 Å². The molecule has 0 amide bonds. The second-order valence-electron chi connectivity index (χ2n) is 3.84. The molecular weight excluding hydrogens is 228 g/mol. The maximum absolute atomic E-state index is 12.3. The number of benzene rings is 2. The number of nitrogen functional groups attached to an aromatic ring is 2. The van der Waals surface area contributed by atoms with Crippen molar-refractivity contribution in [2.45, 2.75) is 0 Å². The molecule has 0 saturated heterocycles. The summed E-state index contributed by atoms with van der Waals surface area (Å²) in [5.41, 5.74) is 13.1. The molecule has 90 valence electrons. The first kappa shape index (κ1) is 11.9. The quantitative estimate of drug-likeness (QED) is 0.487. The van der Waals surface area contributed by atoms with E-state index in [0.717, 1.165) is 0 Å². The van der Waals surface area contributed by atoms with Crippen molar-refractivity contribution in [2.75, 3.05) is 11.5 Å². The molecule has 2 rings (SSSR count). The number of para-hydroxylation sites is 2. The minimum atomic E-state index is -0.283. The number of hydrogen-bond acceptors (Lipinski definition) is 4. The van der Waals surface area contributed by atoms with Gasteiger partial charge in [-0.05, 0) is 24.3 Å². The molecule has 0 aliphatic heterocycles. The van der Waals surface area contributed by atoms with Gasteiger partial charge in [0, 0.05) is 22.4 Å². The number of rotatable bonds is 3. The van der Waals surface area contributed by atoms with Gasteiger partial charge in [-0.25, -0.2) is 0 Å². The zero-order valence-electron chi connectivity index (χ0n) is 9.59. The molecule has 0 unspecified atom stereocenters. The lowest BCUT2D eigenvalue weighted by Crippen LogP contribution is -2.09. The van der Waals surface area contributed by atoms with Gasteiger partial charge in [-0.3, -0.25) is 9.59 Å². The van der Waals surface area contributed by atoms with E-state index in [-0.39, 0.29) is 17.0 Å². The summed E-state index contributed by atoms with van der Waals surface area (Å²) in [7, 11) is 0. The third-order valence-electron chi connectivity index (χ3n) is 2.72. The average Bonchev–Trinajstić information content (AvgIpc) is 2.39. The lowest BCUT2D eigenvalue weighted by atomic mass is 9.98. The molecular formula is C14H12N2O2. The van der Waals surface area contributed by atoms with E-state index in [1.54, 1.807) is 42.5 Å². The molecule has 0 atom stereocenters.